The fourth-order valence-electron chi connectivity index (χ4n) is 3.32. The topological polar surface area (TPSA) is 71.1 Å². The van der Waals surface area contributed by atoms with Gasteiger partial charge in [-0.15, -0.1) is 11.8 Å². The number of benzene rings is 3. The molecule has 1 atom stereocenters. The van der Waals surface area contributed by atoms with E-state index in [2.05, 4.69) is 15.6 Å². The zero-order chi connectivity index (χ0) is 23.9. The Balaban J connectivity index is 1.49. The average Bonchev–Trinajstić information content (AvgIpc) is 2.85. The molecule has 0 saturated carbocycles. The number of halogens is 1. The largest absolute Gasteiger partial charge is 0.322 e. The van der Waals surface area contributed by atoms with E-state index in [9.17, 15) is 9.59 Å². The quantitative estimate of drug-likeness (QED) is 0.282. The number of carbonyl (C=O) groups excluding carboxylic acids is 2. The Morgan fingerprint density at radius 3 is 2.24 bits per heavy atom. The van der Waals surface area contributed by atoms with Gasteiger partial charge in [-0.3, -0.25) is 9.59 Å². The SMILES string of the molecule is Cc1ccccc1C(=O)Nc1ccc(SC(C(=O)Nc2ccc(Cl)cn2)c2ccccc2)cc1. The second-order valence-corrected chi connectivity index (χ2v) is 9.17. The molecule has 0 saturated heterocycles. The van der Waals surface area contributed by atoms with E-state index < -0.39 is 5.25 Å². The third-order valence-corrected chi connectivity index (χ3v) is 6.56. The molecule has 2 amide bonds. The van der Waals surface area contributed by atoms with Gasteiger partial charge < -0.3 is 10.6 Å². The smallest absolute Gasteiger partial charge is 0.255 e. The predicted molar refractivity (Wildman–Crippen MR) is 138 cm³/mol. The number of amides is 2. The van der Waals surface area contributed by atoms with E-state index in [4.69, 9.17) is 11.6 Å². The van der Waals surface area contributed by atoms with Crippen LogP contribution in [0.2, 0.25) is 5.02 Å². The maximum absolute atomic E-state index is 13.1. The number of nitrogens with one attached hydrogen (secondary N) is 2. The van der Waals surface area contributed by atoms with Crippen molar-refractivity contribution in [3.63, 3.8) is 0 Å². The van der Waals surface area contributed by atoms with Crippen molar-refractivity contribution >= 4 is 46.7 Å². The van der Waals surface area contributed by atoms with Gasteiger partial charge in [-0.05, 0) is 60.5 Å². The molecule has 1 aromatic heterocycles. The van der Waals surface area contributed by atoms with Crippen LogP contribution in [0.3, 0.4) is 0 Å². The summed E-state index contributed by atoms with van der Waals surface area (Å²) < 4.78 is 0. The molecule has 170 valence electrons. The summed E-state index contributed by atoms with van der Waals surface area (Å²) in [5, 5.41) is 5.79. The van der Waals surface area contributed by atoms with Crippen molar-refractivity contribution in [2.24, 2.45) is 0 Å². The number of carbonyl (C=O) groups is 2. The van der Waals surface area contributed by atoms with Gasteiger partial charge >= 0.3 is 0 Å². The predicted octanol–water partition coefficient (Wildman–Crippen LogP) is 6.77. The van der Waals surface area contributed by atoms with Gasteiger partial charge in [-0.2, -0.15) is 0 Å². The van der Waals surface area contributed by atoms with Gasteiger partial charge in [0.15, 0.2) is 0 Å². The first-order valence-corrected chi connectivity index (χ1v) is 11.9. The first-order valence-electron chi connectivity index (χ1n) is 10.6. The summed E-state index contributed by atoms with van der Waals surface area (Å²) in [5.74, 6) is 0.0867. The number of hydrogen-bond acceptors (Lipinski definition) is 4. The summed E-state index contributed by atoms with van der Waals surface area (Å²) >= 11 is 7.32. The molecular formula is C27H22ClN3O2S. The van der Waals surface area contributed by atoms with Gasteiger partial charge in [-0.1, -0.05) is 60.1 Å². The lowest BCUT2D eigenvalue weighted by Crippen LogP contribution is -2.19. The summed E-state index contributed by atoms with van der Waals surface area (Å²) in [6.45, 7) is 1.91. The van der Waals surface area contributed by atoms with E-state index in [1.165, 1.54) is 18.0 Å². The molecular weight excluding hydrogens is 466 g/mol. The summed E-state index contributed by atoms with van der Waals surface area (Å²) in [6.07, 6.45) is 1.49. The third-order valence-electron chi connectivity index (χ3n) is 5.07. The number of anilines is 2. The summed E-state index contributed by atoms with van der Waals surface area (Å²) in [6, 6.07) is 27.8. The van der Waals surface area contributed by atoms with E-state index in [1.807, 2.05) is 79.7 Å². The summed E-state index contributed by atoms with van der Waals surface area (Å²) in [5.41, 5.74) is 3.11. The Labute approximate surface area is 207 Å². The molecule has 0 bridgehead atoms. The number of rotatable bonds is 7. The van der Waals surface area contributed by atoms with E-state index in [0.717, 1.165) is 16.0 Å². The second-order valence-electron chi connectivity index (χ2n) is 7.55. The van der Waals surface area contributed by atoms with Crippen molar-refractivity contribution in [1.29, 1.82) is 0 Å². The third kappa shape index (κ3) is 6.04. The van der Waals surface area contributed by atoms with Gasteiger partial charge in [0, 0.05) is 22.3 Å². The van der Waals surface area contributed by atoms with Crippen LogP contribution in [-0.2, 0) is 4.79 Å². The van der Waals surface area contributed by atoms with Crippen LogP contribution in [0.4, 0.5) is 11.5 Å². The fourth-order valence-corrected chi connectivity index (χ4v) is 4.46. The van der Waals surface area contributed by atoms with E-state index >= 15 is 0 Å². The minimum atomic E-state index is -0.494. The first-order chi connectivity index (χ1) is 16.5. The molecule has 7 heteroatoms. The molecule has 0 radical (unpaired) electrons. The van der Waals surface area contributed by atoms with Gasteiger partial charge in [0.05, 0.1) is 5.02 Å². The molecule has 2 N–H and O–H groups in total. The van der Waals surface area contributed by atoms with Gasteiger partial charge in [0.2, 0.25) is 5.91 Å². The number of hydrogen-bond donors (Lipinski definition) is 2. The highest BCUT2D eigenvalue weighted by Gasteiger charge is 2.22. The molecule has 0 aliphatic carbocycles. The van der Waals surface area contributed by atoms with E-state index in [-0.39, 0.29) is 11.8 Å². The average molecular weight is 488 g/mol. The van der Waals surface area contributed by atoms with Crippen LogP contribution in [0.5, 0.6) is 0 Å². The highest BCUT2D eigenvalue weighted by Crippen LogP contribution is 2.36. The lowest BCUT2D eigenvalue weighted by Gasteiger charge is -2.17. The van der Waals surface area contributed by atoms with Gasteiger partial charge in [-0.25, -0.2) is 4.98 Å². The van der Waals surface area contributed by atoms with Crippen LogP contribution in [0, 0.1) is 6.92 Å². The second kappa shape index (κ2) is 11.0. The normalized spacial score (nSPS) is 11.5. The van der Waals surface area contributed by atoms with Gasteiger partial charge in [0.1, 0.15) is 11.1 Å². The van der Waals surface area contributed by atoms with Crippen LogP contribution in [0.1, 0.15) is 26.7 Å². The van der Waals surface area contributed by atoms with Crippen molar-refractivity contribution in [2.75, 3.05) is 10.6 Å². The number of aryl methyl sites for hydroxylation is 1. The first kappa shape index (κ1) is 23.5. The Morgan fingerprint density at radius 2 is 1.56 bits per heavy atom. The number of thioether (sulfide) groups is 1. The van der Waals surface area contributed by atoms with E-state index in [1.54, 1.807) is 18.2 Å². The van der Waals surface area contributed by atoms with Crippen LogP contribution in [-0.4, -0.2) is 16.8 Å². The van der Waals surface area contributed by atoms with Crippen LogP contribution >= 0.6 is 23.4 Å². The van der Waals surface area contributed by atoms with Crippen molar-refractivity contribution in [3.05, 3.63) is 119 Å². The maximum atomic E-state index is 13.1. The summed E-state index contributed by atoms with van der Waals surface area (Å²) in [7, 11) is 0. The molecule has 4 rings (SSSR count). The van der Waals surface area contributed by atoms with Gasteiger partial charge in [0.25, 0.3) is 5.91 Å². The molecule has 34 heavy (non-hydrogen) atoms. The van der Waals surface area contributed by atoms with E-state index in [0.29, 0.717) is 22.1 Å². The number of pyridine rings is 1. The lowest BCUT2D eigenvalue weighted by molar-refractivity contribution is -0.115. The Hall–Kier alpha value is -3.61. The molecule has 1 heterocycles. The molecule has 1 unspecified atom stereocenters. The Morgan fingerprint density at radius 1 is 0.853 bits per heavy atom. The summed E-state index contributed by atoms with van der Waals surface area (Å²) in [4.78, 5) is 30.8. The zero-order valence-corrected chi connectivity index (χ0v) is 19.9. The number of nitrogens with zero attached hydrogens (tertiary/aromatic N) is 1. The standard InChI is InChI=1S/C27H22ClN3O2S/c1-18-7-5-6-10-23(18)26(32)30-21-12-14-22(15-13-21)34-25(19-8-3-2-4-9-19)27(33)31-24-16-11-20(28)17-29-24/h2-17,25H,1H3,(H,30,32)(H,29,31,33). The van der Waals surface area contributed by atoms with Crippen molar-refractivity contribution in [1.82, 2.24) is 4.98 Å². The minimum Gasteiger partial charge on any atom is -0.322 e. The maximum Gasteiger partial charge on any atom is 0.255 e. The molecule has 0 fully saturated rings. The van der Waals surface area contributed by atoms with Crippen molar-refractivity contribution < 1.29 is 9.59 Å². The molecule has 0 spiro atoms. The van der Waals surface area contributed by atoms with Crippen LogP contribution in [0.15, 0.2) is 102 Å². The molecule has 5 nitrogen and oxygen atoms in total. The highest BCUT2D eigenvalue weighted by molar-refractivity contribution is 8.00. The molecule has 0 aliphatic heterocycles. The van der Waals surface area contributed by atoms with Crippen molar-refractivity contribution in [3.8, 4) is 0 Å². The fraction of sp³-hybridized carbons (Fsp3) is 0.0741. The molecule has 3 aromatic carbocycles. The zero-order valence-electron chi connectivity index (χ0n) is 18.4. The monoisotopic (exact) mass is 487 g/mol. The highest BCUT2D eigenvalue weighted by atomic mass is 35.5. The van der Waals surface area contributed by atoms with Crippen LogP contribution < -0.4 is 10.6 Å². The minimum absolute atomic E-state index is 0.157. The Kier molecular flexibility index (Phi) is 7.62. The lowest BCUT2D eigenvalue weighted by atomic mass is 10.1. The van der Waals surface area contributed by atoms with Crippen LogP contribution in [0.25, 0.3) is 0 Å². The number of aromatic nitrogens is 1. The Bertz CT molecular complexity index is 1280. The van der Waals surface area contributed by atoms with Crippen molar-refractivity contribution in [2.45, 2.75) is 17.1 Å². The molecule has 4 aromatic rings. The molecule has 0 aliphatic rings.